The molecular weight excluding hydrogens is 716 g/mol. The second-order valence-corrected chi connectivity index (χ2v) is 14.2. The number of likely N-dealkylation sites (tertiary alicyclic amines) is 1. The molecule has 5 N–H and O–H groups in total. The number of aryl methyl sites for hydroxylation is 1. The quantitative estimate of drug-likeness (QED) is 0.144. The summed E-state index contributed by atoms with van der Waals surface area (Å²) in [6, 6.07) is 9.04. The van der Waals surface area contributed by atoms with Crippen LogP contribution in [-0.4, -0.2) is 134 Å². The summed E-state index contributed by atoms with van der Waals surface area (Å²) < 4.78 is 11.5. The molecule has 0 spiro atoms. The van der Waals surface area contributed by atoms with Gasteiger partial charge in [0.2, 0.25) is 17.7 Å². The number of nitrogens with two attached hydrogens (primary N) is 1. The van der Waals surface area contributed by atoms with Gasteiger partial charge in [-0.1, -0.05) is 97.2 Å². The maximum absolute atomic E-state index is 13.7. The minimum atomic E-state index is -1.15. The molecule has 1 aromatic carbocycles. The Kier molecular flexibility index (Phi) is 30.4. The molecule has 1 heterocycles. The number of urea groups is 1. The molecule has 0 radical (unpaired) electrons. The number of methoxy groups -OCH3 is 2. The Morgan fingerprint density at radius 2 is 1.55 bits per heavy atom. The van der Waals surface area contributed by atoms with Gasteiger partial charge in [0.15, 0.2) is 0 Å². The van der Waals surface area contributed by atoms with Gasteiger partial charge in [-0.05, 0) is 52.5 Å². The number of hydrogen-bond acceptors (Lipinski definition) is 8. The van der Waals surface area contributed by atoms with E-state index < -0.39 is 42.6 Å². The van der Waals surface area contributed by atoms with Crippen molar-refractivity contribution in [1.82, 2.24) is 25.3 Å². The monoisotopic (exact) mass is 795 g/mol. The number of rotatable bonds is 19. The van der Waals surface area contributed by atoms with Crippen molar-refractivity contribution in [2.75, 3.05) is 54.0 Å². The first-order valence-corrected chi connectivity index (χ1v) is 20.4. The second kappa shape index (κ2) is 31.3. The van der Waals surface area contributed by atoms with E-state index in [-0.39, 0.29) is 48.8 Å². The molecule has 1 saturated heterocycles. The molecule has 0 aliphatic carbocycles. The van der Waals surface area contributed by atoms with Crippen LogP contribution in [0, 0.1) is 18.8 Å². The lowest BCUT2D eigenvalue weighted by molar-refractivity contribution is -0.146. The highest BCUT2D eigenvalue weighted by molar-refractivity contribution is 5.85. The fraction of sp³-hybridized carbons (Fsp3) is 0.738. The summed E-state index contributed by atoms with van der Waals surface area (Å²) in [6.45, 7) is 20.5. The van der Waals surface area contributed by atoms with E-state index in [2.05, 4.69) is 43.5 Å². The van der Waals surface area contributed by atoms with Gasteiger partial charge in [-0.25, -0.2) is 4.79 Å². The van der Waals surface area contributed by atoms with Crippen molar-refractivity contribution in [3.05, 3.63) is 35.9 Å². The van der Waals surface area contributed by atoms with Crippen molar-refractivity contribution >= 4 is 29.7 Å². The zero-order valence-electron chi connectivity index (χ0n) is 36.9. The Morgan fingerprint density at radius 1 is 0.964 bits per heavy atom. The molecule has 1 aliphatic heterocycles. The van der Waals surface area contributed by atoms with Gasteiger partial charge in [0, 0.05) is 40.4 Å². The van der Waals surface area contributed by atoms with E-state index in [1.54, 1.807) is 28.7 Å². The summed E-state index contributed by atoms with van der Waals surface area (Å²) in [5.41, 5.74) is 6.93. The molecule has 5 amide bonds. The molecule has 324 valence electrons. The van der Waals surface area contributed by atoms with Gasteiger partial charge in [0.05, 0.1) is 43.2 Å². The molecule has 1 fully saturated rings. The second-order valence-electron chi connectivity index (χ2n) is 14.2. The van der Waals surface area contributed by atoms with Crippen LogP contribution >= 0.6 is 0 Å². The first-order chi connectivity index (χ1) is 26.6. The fourth-order valence-corrected chi connectivity index (χ4v) is 6.42. The van der Waals surface area contributed by atoms with Crippen LogP contribution in [-0.2, 0) is 28.7 Å². The Bertz CT molecular complexity index is 1240. The number of carbonyl (C=O) groups excluding carboxylic acids is 4. The van der Waals surface area contributed by atoms with Crippen molar-refractivity contribution in [2.45, 2.75) is 138 Å². The van der Waals surface area contributed by atoms with Crippen LogP contribution in [0.15, 0.2) is 30.3 Å². The van der Waals surface area contributed by atoms with Gasteiger partial charge in [-0.15, -0.1) is 0 Å². The van der Waals surface area contributed by atoms with Gasteiger partial charge in [-0.3, -0.25) is 19.2 Å². The molecule has 0 bridgehead atoms. The molecule has 2 rings (SSSR count). The van der Waals surface area contributed by atoms with Crippen LogP contribution in [0.1, 0.15) is 106 Å². The number of hydrogen-bond donors (Lipinski definition) is 4. The first kappa shape index (κ1) is 54.4. The molecule has 6 unspecified atom stereocenters. The fourth-order valence-electron chi connectivity index (χ4n) is 6.42. The SMILES string of the molecule is CC.CCC.CCC(C)C(C(CC(=O)N1CCCC1C(OC)C(C)C(=O)NCC(=O)O)OC)N(C)C(=O)CNC(=O)N(CCCN)C(C)C.Cc1ccccc1. The van der Waals surface area contributed by atoms with Gasteiger partial charge >= 0.3 is 12.0 Å². The topological polar surface area (TPSA) is 184 Å². The first-order valence-electron chi connectivity index (χ1n) is 20.4. The average Bonchev–Trinajstić information content (AvgIpc) is 3.67. The van der Waals surface area contributed by atoms with Crippen LogP contribution in [0.4, 0.5) is 4.79 Å². The number of amides is 5. The van der Waals surface area contributed by atoms with E-state index in [9.17, 15) is 24.0 Å². The van der Waals surface area contributed by atoms with Crippen LogP contribution in [0.25, 0.3) is 0 Å². The van der Waals surface area contributed by atoms with E-state index >= 15 is 0 Å². The molecule has 0 saturated carbocycles. The van der Waals surface area contributed by atoms with Gasteiger partial charge in [-0.2, -0.15) is 0 Å². The predicted molar refractivity (Wildman–Crippen MR) is 224 cm³/mol. The molecule has 0 aromatic heterocycles. The van der Waals surface area contributed by atoms with E-state index in [1.165, 1.54) is 26.2 Å². The maximum Gasteiger partial charge on any atom is 0.322 e. The maximum atomic E-state index is 13.7. The van der Waals surface area contributed by atoms with Crippen LogP contribution < -0.4 is 16.4 Å². The average molecular weight is 795 g/mol. The highest BCUT2D eigenvalue weighted by Gasteiger charge is 2.42. The number of nitrogens with zero attached hydrogens (tertiary/aromatic N) is 3. The van der Waals surface area contributed by atoms with E-state index in [0.29, 0.717) is 32.5 Å². The van der Waals surface area contributed by atoms with Crippen molar-refractivity contribution in [3.63, 3.8) is 0 Å². The number of likely N-dealkylation sites (N-methyl/N-ethyl adjacent to an activating group) is 1. The summed E-state index contributed by atoms with van der Waals surface area (Å²) in [6.07, 6.45) is 2.72. The summed E-state index contributed by atoms with van der Waals surface area (Å²) >= 11 is 0. The van der Waals surface area contributed by atoms with Crippen LogP contribution in [0.3, 0.4) is 0 Å². The highest BCUT2D eigenvalue weighted by atomic mass is 16.5. The third-order valence-electron chi connectivity index (χ3n) is 9.54. The summed E-state index contributed by atoms with van der Waals surface area (Å²) in [7, 11) is 4.65. The number of carboxylic acid groups (broad SMARTS) is 1. The van der Waals surface area contributed by atoms with Crippen molar-refractivity contribution < 1.29 is 38.6 Å². The van der Waals surface area contributed by atoms with Crippen molar-refractivity contribution in [1.29, 1.82) is 0 Å². The zero-order chi connectivity index (χ0) is 43.4. The van der Waals surface area contributed by atoms with Gasteiger partial charge < -0.3 is 45.6 Å². The van der Waals surface area contributed by atoms with E-state index in [1.807, 2.05) is 59.7 Å². The Labute approximate surface area is 338 Å². The highest BCUT2D eigenvalue weighted by Crippen LogP contribution is 2.29. The number of carboxylic acids is 1. The zero-order valence-corrected chi connectivity index (χ0v) is 36.9. The van der Waals surface area contributed by atoms with Crippen molar-refractivity contribution in [3.8, 4) is 0 Å². The number of carbonyl (C=O) groups is 5. The van der Waals surface area contributed by atoms with E-state index in [0.717, 1.165) is 12.8 Å². The molecule has 6 atom stereocenters. The lowest BCUT2D eigenvalue weighted by atomic mass is 9.90. The molecule has 14 heteroatoms. The normalized spacial score (nSPS) is 15.8. The smallest absolute Gasteiger partial charge is 0.322 e. The van der Waals surface area contributed by atoms with E-state index in [4.69, 9.17) is 20.3 Å². The summed E-state index contributed by atoms with van der Waals surface area (Å²) in [5, 5.41) is 14.0. The minimum absolute atomic E-state index is 0.00221. The van der Waals surface area contributed by atoms with Gasteiger partial charge in [0.25, 0.3) is 0 Å². The summed E-state index contributed by atoms with van der Waals surface area (Å²) in [5.74, 6) is -2.81. The van der Waals surface area contributed by atoms with Crippen molar-refractivity contribution in [2.24, 2.45) is 17.6 Å². The lowest BCUT2D eigenvalue weighted by Crippen LogP contribution is -2.55. The Hall–Kier alpha value is -3.75. The largest absolute Gasteiger partial charge is 0.480 e. The molecule has 1 aromatic rings. The number of ether oxygens (including phenoxy) is 2. The lowest BCUT2D eigenvalue weighted by Gasteiger charge is -2.39. The molecular formula is C42H78N6O8. The molecule has 14 nitrogen and oxygen atoms in total. The van der Waals surface area contributed by atoms with Crippen LogP contribution in [0.2, 0.25) is 0 Å². The number of aliphatic carboxylic acids is 1. The third-order valence-corrected chi connectivity index (χ3v) is 9.54. The Morgan fingerprint density at radius 3 is 2.00 bits per heavy atom. The minimum Gasteiger partial charge on any atom is -0.480 e. The van der Waals surface area contributed by atoms with Crippen LogP contribution in [0.5, 0.6) is 0 Å². The standard InChI is InChI=1S/C30H56N6O8.C7H8.C3H8.C2H6/c1-9-20(4)27(34(6)25(38)17-33-30(42)35(19(2)3)15-11-13-31)23(43-7)16-24(37)36-14-10-12-22(36)28(44-8)21(5)29(41)32-18-26(39)40;1-7-5-3-2-4-6-7;1-3-2;1-2/h19-23,27-28H,9-18,31H2,1-8H3,(H,32,41)(H,33,42)(H,39,40);2-6H,1H3;3H2,1-2H3;1-2H3. The molecule has 1 aliphatic rings. The third kappa shape index (κ3) is 19.9. The number of nitrogens with one attached hydrogen (secondary N) is 2. The molecule has 56 heavy (non-hydrogen) atoms. The van der Waals surface area contributed by atoms with Gasteiger partial charge in [0.1, 0.15) is 6.54 Å². The summed E-state index contributed by atoms with van der Waals surface area (Å²) in [4.78, 5) is 68.3. The number of benzene rings is 1. The Balaban J connectivity index is 0. The predicted octanol–water partition coefficient (Wildman–Crippen LogP) is 5.31.